The third-order valence-corrected chi connectivity index (χ3v) is 5.01. The van der Waals surface area contributed by atoms with Crippen molar-refractivity contribution in [3.05, 3.63) is 42.0 Å². The highest BCUT2D eigenvalue weighted by atomic mass is 32.2. The zero-order chi connectivity index (χ0) is 17.5. The highest BCUT2D eigenvalue weighted by molar-refractivity contribution is 7.99. The first-order valence-corrected chi connectivity index (χ1v) is 9.47. The van der Waals surface area contributed by atoms with Crippen LogP contribution in [0.2, 0.25) is 0 Å². The van der Waals surface area contributed by atoms with Crippen molar-refractivity contribution < 1.29 is 4.74 Å². The molecule has 3 rings (SSSR count). The molecule has 2 aromatic carbocycles. The van der Waals surface area contributed by atoms with Gasteiger partial charge in [0.2, 0.25) is 5.16 Å². The molecular weight excluding hydrogens is 334 g/mol. The van der Waals surface area contributed by atoms with Gasteiger partial charge in [0.15, 0.2) is 0 Å². The van der Waals surface area contributed by atoms with Gasteiger partial charge in [-0.1, -0.05) is 42.1 Å². The number of thioether (sulfide) groups is 1. The Labute approximate surface area is 151 Å². The van der Waals surface area contributed by atoms with Crippen LogP contribution in [0.3, 0.4) is 0 Å². The van der Waals surface area contributed by atoms with Gasteiger partial charge in [0, 0.05) is 24.9 Å². The van der Waals surface area contributed by atoms with E-state index in [-0.39, 0.29) is 0 Å². The third-order valence-electron chi connectivity index (χ3n) is 3.91. The van der Waals surface area contributed by atoms with Gasteiger partial charge < -0.3 is 10.1 Å². The van der Waals surface area contributed by atoms with Crippen LogP contribution in [0.15, 0.2) is 41.6 Å². The van der Waals surface area contributed by atoms with Gasteiger partial charge in [0.05, 0.1) is 6.61 Å². The molecule has 1 N–H and O–H groups in total. The van der Waals surface area contributed by atoms with Gasteiger partial charge in [-0.2, -0.15) is 0 Å². The molecule has 132 valence electrons. The van der Waals surface area contributed by atoms with Gasteiger partial charge in [0.1, 0.15) is 5.75 Å². The van der Waals surface area contributed by atoms with Crippen LogP contribution in [-0.2, 0) is 13.6 Å². The lowest BCUT2D eigenvalue weighted by atomic mass is 10.0. The lowest BCUT2D eigenvalue weighted by molar-refractivity contribution is 0.336. The zero-order valence-corrected chi connectivity index (χ0v) is 15.4. The van der Waals surface area contributed by atoms with E-state index in [0.717, 1.165) is 36.2 Å². The number of tetrazole rings is 1. The van der Waals surface area contributed by atoms with Crippen LogP contribution in [0.25, 0.3) is 10.8 Å². The standard InChI is InChI=1S/C18H23N5OS/c1-3-24-17-10-9-14-7-4-5-8-15(14)16(17)13-19-11-6-12-25-18-20-21-22-23(18)2/h4-5,7-10,19H,3,6,11-13H2,1-2H3. The van der Waals surface area contributed by atoms with E-state index in [1.54, 1.807) is 16.4 Å². The lowest BCUT2D eigenvalue weighted by Crippen LogP contribution is -2.16. The predicted molar refractivity (Wildman–Crippen MR) is 101 cm³/mol. The summed E-state index contributed by atoms with van der Waals surface area (Å²) in [5.41, 5.74) is 1.23. The Morgan fingerprint density at radius 1 is 1.20 bits per heavy atom. The van der Waals surface area contributed by atoms with Gasteiger partial charge >= 0.3 is 0 Å². The molecular formula is C18H23N5OS. The molecule has 1 aromatic heterocycles. The molecule has 0 unspecified atom stereocenters. The number of benzene rings is 2. The van der Waals surface area contributed by atoms with E-state index in [1.165, 1.54) is 16.3 Å². The second-order valence-corrected chi connectivity index (χ2v) is 6.72. The van der Waals surface area contributed by atoms with Crippen LogP contribution in [0.1, 0.15) is 18.9 Å². The first-order valence-electron chi connectivity index (χ1n) is 8.49. The maximum atomic E-state index is 5.82. The average molecular weight is 357 g/mol. The average Bonchev–Trinajstić information content (AvgIpc) is 3.04. The smallest absolute Gasteiger partial charge is 0.209 e. The fourth-order valence-corrected chi connectivity index (χ4v) is 3.50. The lowest BCUT2D eigenvalue weighted by Gasteiger charge is -2.14. The number of nitrogens with zero attached hydrogens (tertiary/aromatic N) is 4. The minimum absolute atomic E-state index is 0.674. The minimum Gasteiger partial charge on any atom is -0.494 e. The van der Waals surface area contributed by atoms with Crippen molar-refractivity contribution in [3.63, 3.8) is 0 Å². The zero-order valence-electron chi connectivity index (χ0n) is 14.6. The van der Waals surface area contributed by atoms with E-state index in [1.807, 2.05) is 14.0 Å². The van der Waals surface area contributed by atoms with Crippen molar-refractivity contribution in [1.82, 2.24) is 25.5 Å². The molecule has 0 atom stereocenters. The number of ether oxygens (including phenoxy) is 1. The summed E-state index contributed by atoms with van der Waals surface area (Å²) in [6.07, 6.45) is 1.05. The van der Waals surface area contributed by atoms with E-state index >= 15 is 0 Å². The van der Waals surface area contributed by atoms with Gasteiger partial charge in [-0.15, -0.1) is 5.10 Å². The summed E-state index contributed by atoms with van der Waals surface area (Å²) in [6.45, 7) is 4.43. The quantitative estimate of drug-likeness (QED) is 0.469. The SMILES string of the molecule is CCOc1ccc2ccccc2c1CNCCCSc1nnnn1C. The monoisotopic (exact) mass is 357 g/mol. The van der Waals surface area contributed by atoms with Crippen LogP contribution in [0.4, 0.5) is 0 Å². The first-order chi connectivity index (χ1) is 12.3. The number of hydrogen-bond acceptors (Lipinski definition) is 6. The van der Waals surface area contributed by atoms with Crippen LogP contribution < -0.4 is 10.1 Å². The molecule has 25 heavy (non-hydrogen) atoms. The van der Waals surface area contributed by atoms with E-state index in [4.69, 9.17) is 4.74 Å². The highest BCUT2D eigenvalue weighted by Crippen LogP contribution is 2.28. The topological polar surface area (TPSA) is 64.9 Å². The summed E-state index contributed by atoms with van der Waals surface area (Å²) in [6, 6.07) is 12.6. The van der Waals surface area contributed by atoms with Crippen molar-refractivity contribution in [1.29, 1.82) is 0 Å². The summed E-state index contributed by atoms with van der Waals surface area (Å²) in [5, 5.41) is 18.3. The molecule has 0 fully saturated rings. The van der Waals surface area contributed by atoms with E-state index < -0.39 is 0 Å². The number of nitrogens with one attached hydrogen (secondary N) is 1. The summed E-state index contributed by atoms with van der Waals surface area (Å²) >= 11 is 1.68. The minimum atomic E-state index is 0.674. The Balaban J connectivity index is 1.55. The molecule has 3 aromatic rings. The Hall–Kier alpha value is -2.12. The Kier molecular flexibility index (Phi) is 6.25. The van der Waals surface area contributed by atoms with Gasteiger partial charge in [0.25, 0.3) is 0 Å². The molecule has 0 spiro atoms. The van der Waals surface area contributed by atoms with Crippen LogP contribution in [0, 0.1) is 0 Å². The second kappa shape index (κ2) is 8.82. The number of hydrogen-bond donors (Lipinski definition) is 1. The molecule has 0 aliphatic rings. The van der Waals surface area contributed by atoms with E-state index in [0.29, 0.717) is 6.61 Å². The van der Waals surface area contributed by atoms with Crippen molar-refractivity contribution >= 4 is 22.5 Å². The molecule has 0 bridgehead atoms. The van der Waals surface area contributed by atoms with Gasteiger partial charge in [-0.05, 0) is 47.2 Å². The normalized spacial score (nSPS) is 11.1. The Morgan fingerprint density at radius 2 is 2.08 bits per heavy atom. The number of rotatable bonds is 9. The molecule has 0 amide bonds. The largest absolute Gasteiger partial charge is 0.494 e. The number of fused-ring (bicyclic) bond motifs is 1. The van der Waals surface area contributed by atoms with E-state index in [9.17, 15) is 0 Å². The van der Waals surface area contributed by atoms with Crippen molar-refractivity contribution in [3.8, 4) is 5.75 Å². The Bertz CT molecular complexity index is 820. The predicted octanol–water partition coefficient (Wildman–Crippen LogP) is 3.03. The summed E-state index contributed by atoms with van der Waals surface area (Å²) in [5.74, 6) is 1.95. The van der Waals surface area contributed by atoms with Crippen LogP contribution in [-0.4, -0.2) is 39.1 Å². The fourth-order valence-electron chi connectivity index (χ4n) is 2.71. The second-order valence-electron chi connectivity index (χ2n) is 5.66. The summed E-state index contributed by atoms with van der Waals surface area (Å²) < 4.78 is 7.51. The maximum absolute atomic E-state index is 5.82. The Morgan fingerprint density at radius 3 is 2.88 bits per heavy atom. The van der Waals surface area contributed by atoms with Gasteiger partial charge in [-0.25, -0.2) is 4.68 Å². The molecule has 1 heterocycles. The third kappa shape index (κ3) is 4.49. The fraction of sp³-hybridized carbons (Fsp3) is 0.389. The molecule has 7 heteroatoms. The number of aromatic nitrogens is 4. The first kappa shape index (κ1) is 17.7. The highest BCUT2D eigenvalue weighted by Gasteiger charge is 2.08. The maximum Gasteiger partial charge on any atom is 0.209 e. The molecule has 0 aliphatic heterocycles. The van der Waals surface area contributed by atoms with Crippen molar-refractivity contribution in [2.75, 3.05) is 18.9 Å². The van der Waals surface area contributed by atoms with Crippen molar-refractivity contribution in [2.24, 2.45) is 7.05 Å². The number of aryl methyl sites for hydroxylation is 1. The molecule has 0 saturated carbocycles. The van der Waals surface area contributed by atoms with Gasteiger partial charge in [-0.3, -0.25) is 0 Å². The molecule has 0 aliphatic carbocycles. The molecule has 0 radical (unpaired) electrons. The van der Waals surface area contributed by atoms with Crippen LogP contribution >= 0.6 is 11.8 Å². The van der Waals surface area contributed by atoms with Crippen LogP contribution in [0.5, 0.6) is 5.75 Å². The summed E-state index contributed by atoms with van der Waals surface area (Å²) in [4.78, 5) is 0. The van der Waals surface area contributed by atoms with E-state index in [2.05, 4.69) is 57.2 Å². The molecule has 0 saturated heterocycles. The molecule has 6 nitrogen and oxygen atoms in total. The summed E-state index contributed by atoms with van der Waals surface area (Å²) in [7, 11) is 1.86. The van der Waals surface area contributed by atoms with Crippen molar-refractivity contribution in [2.45, 2.75) is 25.0 Å².